The van der Waals surface area contributed by atoms with Crippen molar-refractivity contribution in [3.8, 4) is 0 Å². The zero-order chi connectivity index (χ0) is 11.0. The van der Waals surface area contributed by atoms with Crippen molar-refractivity contribution in [1.82, 2.24) is 0 Å². The fraction of sp³-hybridized carbons (Fsp3) is 0.909. The Bertz CT molecular complexity index is 157. The van der Waals surface area contributed by atoms with E-state index in [2.05, 4.69) is 13.8 Å². The van der Waals surface area contributed by atoms with Crippen LogP contribution in [-0.4, -0.2) is 18.0 Å². The van der Waals surface area contributed by atoms with E-state index < -0.39 is 5.38 Å². The van der Waals surface area contributed by atoms with Crippen LogP contribution in [-0.2, 0) is 9.53 Å². The van der Waals surface area contributed by atoms with Gasteiger partial charge in [-0.05, 0) is 19.3 Å². The first-order valence-corrected chi connectivity index (χ1v) is 5.86. The Kier molecular flexibility index (Phi) is 7.96. The summed E-state index contributed by atoms with van der Waals surface area (Å²) in [4.78, 5) is 11.1. The van der Waals surface area contributed by atoms with Gasteiger partial charge in [-0.3, -0.25) is 4.79 Å². The van der Waals surface area contributed by atoms with Crippen LogP contribution >= 0.6 is 11.6 Å². The maximum Gasteiger partial charge on any atom is 0.323 e. The minimum atomic E-state index is -0.529. The lowest BCUT2D eigenvalue weighted by Gasteiger charge is -2.14. The molecule has 0 aromatic carbocycles. The van der Waals surface area contributed by atoms with Crippen LogP contribution in [0.5, 0.6) is 0 Å². The first-order valence-electron chi connectivity index (χ1n) is 5.42. The van der Waals surface area contributed by atoms with Gasteiger partial charge >= 0.3 is 5.97 Å². The first kappa shape index (κ1) is 13.8. The molecule has 84 valence electrons. The number of unbranched alkanes of at least 4 members (excludes halogenated alkanes) is 1. The predicted octanol–water partition coefficient (Wildman–Crippen LogP) is 3.37. The monoisotopic (exact) mass is 220 g/mol. The molecule has 0 aliphatic heterocycles. The van der Waals surface area contributed by atoms with E-state index in [-0.39, 0.29) is 5.97 Å². The Hall–Kier alpha value is -0.240. The van der Waals surface area contributed by atoms with Crippen molar-refractivity contribution < 1.29 is 9.53 Å². The summed E-state index contributed by atoms with van der Waals surface area (Å²) in [6.07, 6.45) is 4.59. The van der Waals surface area contributed by atoms with E-state index >= 15 is 0 Å². The maximum atomic E-state index is 11.1. The Morgan fingerprint density at radius 3 is 2.50 bits per heavy atom. The van der Waals surface area contributed by atoms with Gasteiger partial charge in [-0.25, -0.2) is 0 Å². The van der Waals surface area contributed by atoms with Crippen LogP contribution in [0.1, 0.15) is 46.5 Å². The molecule has 0 N–H and O–H groups in total. The second-order valence-electron chi connectivity index (χ2n) is 3.66. The summed E-state index contributed by atoms with van der Waals surface area (Å²) < 4.78 is 5.08. The highest BCUT2D eigenvalue weighted by Crippen LogP contribution is 2.13. The minimum Gasteiger partial charge on any atom is -0.464 e. The Labute approximate surface area is 92.0 Å². The normalized spacial score (nSPS) is 14.9. The number of alkyl halides is 1. The van der Waals surface area contributed by atoms with Crippen LogP contribution in [0.25, 0.3) is 0 Å². The van der Waals surface area contributed by atoms with Crippen LogP contribution in [0.4, 0.5) is 0 Å². The summed E-state index contributed by atoms with van der Waals surface area (Å²) >= 11 is 5.58. The van der Waals surface area contributed by atoms with Gasteiger partial charge in [-0.2, -0.15) is 0 Å². The summed E-state index contributed by atoms with van der Waals surface area (Å²) in [7, 11) is 0. The summed E-state index contributed by atoms with van der Waals surface area (Å²) in [5.41, 5.74) is 0. The second kappa shape index (κ2) is 8.10. The standard InChI is InChI=1S/C11H21ClO2/c1-4-6-7-10(5-2)8-14-11(13)9(3)12/h9-10H,4-8H2,1-3H3/t9-,10?/m0/s1. The fourth-order valence-electron chi connectivity index (χ4n) is 1.21. The summed E-state index contributed by atoms with van der Waals surface area (Å²) in [5.74, 6) is 0.191. The van der Waals surface area contributed by atoms with Gasteiger partial charge in [0.15, 0.2) is 0 Å². The number of rotatable bonds is 7. The highest BCUT2D eigenvalue weighted by molar-refractivity contribution is 6.29. The van der Waals surface area contributed by atoms with E-state index in [0.29, 0.717) is 12.5 Å². The average molecular weight is 221 g/mol. The Morgan fingerprint density at radius 1 is 1.43 bits per heavy atom. The lowest BCUT2D eigenvalue weighted by atomic mass is 10.0. The third-order valence-electron chi connectivity index (χ3n) is 2.33. The van der Waals surface area contributed by atoms with Crippen molar-refractivity contribution in [3.63, 3.8) is 0 Å². The molecule has 0 fully saturated rings. The first-order chi connectivity index (χ1) is 6.61. The van der Waals surface area contributed by atoms with Gasteiger partial charge in [-0.15, -0.1) is 11.6 Å². The molecule has 0 aromatic rings. The zero-order valence-electron chi connectivity index (χ0n) is 9.38. The van der Waals surface area contributed by atoms with E-state index in [1.807, 2.05) is 0 Å². The van der Waals surface area contributed by atoms with Crippen molar-refractivity contribution in [1.29, 1.82) is 0 Å². The summed E-state index contributed by atoms with van der Waals surface area (Å²) in [6, 6.07) is 0. The van der Waals surface area contributed by atoms with Gasteiger partial charge in [-0.1, -0.05) is 33.1 Å². The van der Waals surface area contributed by atoms with Gasteiger partial charge < -0.3 is 4.74 Å². The van der Waals surface area contributed by atoms with Crippen LogP contribution in [0.3, 0.4) is 0 Å². The minimum absolute atomic E-state index is 0.304. The molecule has 0 aliphatic rings. The van der Waals surface area contributed by atoms with Crippen molar-refractivity contribution in [2.75, 3.05) is 6.61 Å². The van der Waals surface area contributed by atoms with Crippen molar-refractivity contribution in [2.24, 2.45) is 5.92 Å². The van der Waals surface area contributed by atoms with E-state index in [4.69, 9.17) is 16.3 Å². The maximum absolute atomic E-state index is 11.1. The number of hydrogen-bond donors (Lipinski definition) is 0. The Morgan fingerprint density at radius 2 is 2.07 bits per heavy atom. The molecule has 14 heavy (non-hydrogen) atoms. The SMILES string of the molecule is CCCCC(CC)COC(=O)[C@H](C)Cl. The second-order valence-corrected chi connectivity index (χ2v) is 4.32. The molecule has 0 saturated heterocycles. The molecule has 2 nitrogen and oxygen atoms in total. The van der Waals surface area contributed by atoms with Gasteiger partial charge in [0, 0.05) is 0 Å². The van der Waals surface area contributed by atoms with Gasteiger partial charge in [0.25, 0.3) is 0 Å². The number of carbonyl (C=O) groups excluding carboxylic acids is 1. The van der Waals surface area contributed by atoms with E-state index in [1.165, 1.54) is 12.8 Å². The van der Waals surface area contributed by atoms with Gasteiger partial charge in [0.1, 0.15) is 5.38 Å². The molecule has 2 atom stereocenters. The molecule has 0 amide bonds. The third kappa shape index (κ3) is 6.25. The zero-order valence-corrected chi connectivity index (χ0v) is 10.1. The molecule has 0 heterocycles. The molecule has 0 spiro atoms. The number of carbonyl (C=O) groups is 1. The van der Waals surface area contributed by atoms with E-state index in [9.17, 15) is 4.79 Å². The fourth-order valence-corrected chi connectivity index (χ4v) is 1.28. The third-order valence-corrected chi connectivity index (χ3v) is 2.51. The van der Waals surface area contributed by atoms with Crippen molar-refractivity contribution >= 4 is 17.6 Å². The molecule has 3 heteroatoms. The molecule has 0 bridgehead atoms. The summed E-state index contributed by atoms with van der Waals surface area (Å²) in [6.45, 7) is 6.45. The molecule has 0 aliphatic carbocycles. The Balaban J connectivity index is 3.66. The number of ether oxygens (including phenoxy) is 1. The van der Waals surface area contributed by atoms with Crippen molar-refractivity contribution in [3.05, 3.63) is 0 Å². The molecule has 1 unspecified atom stereocenters. The molecule has 0 radical (unpaired) electrons. The van der Waals surface area contributed by atoms with Gasteiger partial charge in [0.05, 0.1) is 6.61 Å². The molecular weight excluding hydrogens is 200 g/mol. The molecule has 0 aromatic heterocycles. The number of halogens is 1. The predicted molar refractivity (Wildman–Crippen MR) is 59.6 cm³/mol. The number of esters is 1. The molecule has 0 saturated carbocycles. The molecular formula is C11H21ClO2. The van der Waals surface area contributed by atoms with Crippen LogP contribution in [0.15, 0.2) is 0 Å². The topological polar surface area (TPSA) is 26.3 Å². The van der Waals surface area contributed by atoms with Gasteiger partial charge in [0.2, 0.25) is 0 Å². The lowest BCUT2D eigenvalue weighted by molar-refractivity contribution is -0.144. The van der Waals surface area contributed by atoms with Crippen LogP contribution in [0, 0.1) is 5.92 Å². The van der Waals surface area contributed by atoms with Crippen LogP contribution < -0.4 is 0 Å². The average Bonchev–Trinajstić information content (AvgIpc) is 2.17. The smallest absolute Gasteiger partial charge is 0.323 e. The largest absolute Gasteiger partial charge is 0.464 e. The lowest BCUT2D eigenvalue weighted by Crippen LogP contribution is -2.19. The quantitative estimate of drug-likeness (QED) is 0.486. The number of hydrogen-bond acceptors (Lipinski definition) is 2. The highest BCUT2D eigenvalue weighted by atomic mass is 35.5. The summed E-state index contributed by atoms with van der Waals surface area (Å²) in [5, 5.41) is -0.529. The molecule has 0 rings (SSSR count). The van der Waals surface area contributed by atoms with Crippen molar-refractivity contribution in [2.45, 2.75) is 51.8 Å². The van der Waals surface area contributed by atoms with E-state index in [1.54, 1.807) is 6.92 Å². The highest BCUT2D eigenvalue weighted by Gasteiger charge is 2.13. The van der Waals surface area contributed by atoms with Crippen LogP contribution in [0.2, 0.25) is 0 Å². The van der Waals surface area contributed by atoms with E-state index in [0.717, 1.165) is 12.8 Å².